The first kappa shape index (κ1) is 17.9. The second-order valence-corrected chi connectivity index (χ2v) is 5.63. The van der Waals surface area contributed by atoms with Gasteiger partial charge in [0.25, 0.3) is 5.91 Å². The van der Waals surface area contributed by atoms with Gasteiger partial charge in [-0.05, 0) is 57.5 Å². The molecule has 128 valence electrons. The van der Waals surface area contributed by atoms with Gasteiger partial charge in [-0.25, -0.2) is 0 Å². The minimum atomic E-state index is -0.131. The Hall–Kier alpha value is -2.49. The quantitative estimate of drug-likeness (QED) is 0.825. The number of benzene rings is 2. The lowest BCUT2D eigenvalue weighted by Crippen LogP contribution is -2.26. The molecule has 0 aliphatic rings. The summed E-state index contributed by atoms with van der Waals surface area (Å²) < 4.78 is 11.2. The summed E-state index contributed by atoms with van der Waals surface area (Å²) in [7, 11) is 0. The minimum absolute atomic E-state index is 0.0886. The Morgan fingerprint density at radius 1 is 1.00 bits per heavy atom. The first-order valence-corrected chi connectivity index (χ1v) is 8.32. The van der Waals surface area contributed by atoms with Gasteiger partial charge in [0, 0.05) is 5.56 Å². The van der Waals surface area contributed by atoms with Crippen molar-refractivity contribution in [1.29, 1.82) is 0 Å². The van der Waals surface area contributed by atoms with E-state index in [0.29, 0.717) is 24.5 Å². The van der Waals surface area contributed by atoms with Gasteiger partial charge in [-0.15, -0.1) is 0 Å². The van der Waals surface area contributed by atoms with Crippen molar-refractivity contribution in [1.82, 2.24) is 5.32 Å². The molecule has 0 saturated heterocycles. The number of rotatable bonds is 7. The van der Waals surface area contributed by atoms with Gasteiger partial charge in [0.15, 0.2) is 11.5 Å². The molecule has 2 aromatic rings. The SMILES string of the molecule is CCOc1ccc([C@H](C)NC(=O)c2ccc(C)cc2)cc1OCC. The third-order valence-corrected chi connectivity index (χ3v) is 3.73. The van der Waals surface area contributed by atoms with E-state index in [0.717, 1.165) is 16.9 Å². The number of carbonyl (C=O) groups is 1. The molecule has 4 heteroatoms. The van der Waals surface area contributed by atoms with Crippen LogP contribution in [0.5, 0.6) is 11.5 Å². The lowest BCUT2D eigenvalue weighted by Gasteiger charge is -2.17. The maximum Gasteiger partial charge on any atom is 0.251 e. The molecule has 1 atom stereocenters. The second kappa shape index (κ2) is 8.39. The number of hydrogen-bond donors (Lipinski definition) is 1. The topological polar surface area (TPSA) is 47.6 Å². The molecule has 0 aromatic heterocycles. The number of hydrogen-bond acceptors (Lipinski definition) is 3. The van der Waals surface area contributed by atoms with Crippen molar-refractivity contribution in [3.05, 3.63) is 59.2 Å². The van der Waals surface area contributed by atoms with E-state index < -0.39 is 0 Å². The average Bonchev–Trinajstić information content (AvgIpc) is 2.57. The highest BCUT2D eigenvalue weighted by Crippen LogP contribution is 2.30. The van der Waals surface area contributed by atoms with Crippen molar-refractivity contribution < 1.29 is 14.3 Å². The number of nitrogens with one attached hydrogen (secondary N) is 1. The Morgan fingerprint density at radius 2 is 1.62 bits per heavy atom. The highest BCUT2D eigenvalue weighted by Gasteiger charge is 2.14. The average molecular weight is 327 g/mol. The summed E-state index contributed by atoms with van der Waals surface area (Å²) in [5, 5.41) is 3.02. The summed E-state index contributed by atoms with van der Waals surface area (Å²) in [6, 6.07) is 13.2. The fourth-order valence-corrected chi connectivity index (χ4v) is 2.41. The number of aryl methyl sites for hydroxylation is 1. The zero-order valence-corrected chi connectivity index (χ0v) is 14.8. The molecule has 0 saturated carbocycles. The predicted molar refractivity (Wildman–Crippen MR) is 95.8 cm³/mol. The predicted octanol–water partition coefficient (Wildman–Crippen LogP) is 4.28. The van der Waals surface area contributed by atoms with Crippen molar-refractivity contribution in [3.63, 3.8) is 0 Å². The van der Waals surface area contributed by atoms with Crippen molar-refractivity contribution in [2.45, 2.75) is 33.7 Å². The van der Waals surface area contributed by atoms with Crippen LogP contribution in [0.15, 0.2) is 42.5 Å². The van der Waals surface area contributed by atoms with Gasteiger partial charge in [0.1, 0.15) is 0 Å². The standard InChI is InChI=1S/C20H25NO3/c1-5-23-18-12-11-17(13-19(18)24-6-2)15(4)21-20(22)16-9-7-14(3)8-10-16/h7-13,15H,5-6H2,1-4H3,(H,21,22)/t15-/m0/s1. The van der Waals surface area contributed by atoms with Crippen LogP contribution >= 0.6 is 0 Å². The van der Waals surface area contributed by atoms with Gasteiger partial charge in [-0.1, -0.05) is 23.8 Å². The summed E-state index contributed by atoms with van der Waals surface area (Å²) in [4.78, 5) is 12.4. The third-order valence-electron chi connectivity index (χ3n) is 3.73. The van der Waals surface area contributed by atoms with Gasteiger partial charge in [0.2, 0.25) is 0 Å². The smallest absolute Gasteiger partial charge is 0.251 e. The van der Waals surface area contributed by atoms with Crippen LogP contribution in [0, 0.1) is 6.92 Å². The number of carbonyl (C=O) groups excluding carboxylic acids is 1. The van der Waals surface area contributed by atoms with Gasteiger partial charge in [-0.2, -0.15) is 0 Å². The van der Waals surface area contributed by atoms with Crippen LogP contribution in [0.25, 0.3) is 0 Å². The zero-order chi connectivity index (χ0) is 17.5. The molecule has 4 nitrogen and oxygen atoms in total. The van der Waals surface area contributed by atoms with Crippen LogP contribution in [-0.4, -0.2) is 19.1 Å². The van der Waals surface area contributed by atoms with Crippen LogP contribution < -0.4 is 14.8 Å². The van der Waals surface area contributed by atoms with Crippen molar-refractivity contribution in [3.8, 4) is 11.5 Å². The Bertz CT molecular complexity index is 680. The third kappa shape index (κ3) is 4.51. The molecule has 0 bridgehead atoms. The largest absolute Gasteiger partial charge is 0.490 e. The molecule has 0 radical (unpaired) electrons. The normalized spacial score (nSPS) is 11.7. The summed E-state index contributed by atoms with van der Waals surface area (Å²) in [5.41, 5.74) is 2.76. The summed E-state index contributed by atoms with van der Waals surface area (Å²) in [6.07, 6.45) is 0. The van der Waals surface area contributed by atoms with Gasteiger partial charge in [0.05, 0.1) is 19.3 Å². The molecule has 1 N–H and O–H groups in total. The van der Waals surface area contributed by atoms with Crippen molar-refractivity contribution in [2.75, 3.05) is 13.2 Å². The molecule has 2 aromatic carbocycles. The highest BCUT2D eigenvalue weighted by atomic mass is 16.5. The van der Waals surface area contributed by atoms with E-state index in [1.54, 1.807) is 0 Å². The van der Waals surface area contributed by atoms with E-state index in [1.165, 1.54) is 0 Å². The molecule has 0 aliphatic heterocycles. The van der Waals surface area contributed by atoms with Crippen LogP contribution in [0.4, 0.5) is 0 Å². The molecule has 0 fully saturated rings. The molecule has 0 unspecified atom stereocenters. The molecule has 2 rings (SSSR count). The van der Waals surface area contributed by atoms with Gasteiger partial charge >= 0.3 is 0 Å². The first-order valence-electron chi connectivity index (χ1n) is 8.32. The van der Waals surface area contributed by atoms with Gasteiger partial charge in [-0.3, -0.25) is 4.79 Å². The monoisotopic (exact) mass is 327 g/mol. The lowest BCUT2D eigenvalue weighted by atomic mass is 10.1. The lowest BCUT2D eigenvalue weighted by molar-refractivity contribution is 0.0940. The van der Waals surface area contributed by atoms with E-state index in [4.69, 9.17) is 9.47 Å². The fourth-order valence-electron chi connectivity index (χ4n) is 2.41. The van der Waals surface area contributed by atoms with Crippen molar-refractivity contribution >= 4 is 5.91 Å². The molecule has 0 spiro atoms. The Kier molecular flexibility index (Phi) is 6.24. The maximum atomic E-state index is 12.4. The van der Waals surface area contributed by atoms with Crippen LogP contribution in [0.1, 0.15) is 48.3 Å². The maximum absolute atomic E-state index is 12.4. The molecular formula is C20H25NO3. The molecule has 24 heavy (non-hydrogen) atoms. The van der Waals surface area contributed by atoms with Crippen LogP contribution in [0.3, 0.4) is 0 Å². The van der Waals surface area contributed by atoms with E-state index in [-0.39, 0.29) is 11.9 Å². The zero-order valence-electron chi connectivity index (χ0n) is 14.8. The van der Waals surface area contributed by atoms with Crippen LogP contribution in [-0.2, 0) is 0 Å². The van der Waals surface area contributed by atoms with E-state index in [1.807, 2.05) is 70.2 Å². The van der Waals surface area contributed by atoms with Crippen LogP contribution in [0.2, 0.25) is 0 Å². The Morgan fingerprint density at radius 3 is 2.25 bits per heavy atom. The second-order valence-electron chi connectivity index (χ2n) is 5.63. The molecule has 0 aliphatic carbocycles. The fraction of sp³-hybridized carbons (Fsp3) is 0.350. The Labute approximate surface area is 143 Å². The minimum Gasteiger partial charge on any atom is -0.490 e. The van der Waals surface area contributed by atoms with E-state index in [2.05, 4.69) is 5.32 Å². The number of amides is 1. The van der Waals surface area contributed by atoms with E-state index >= 15 is 0 Å². The Balaban J connectivity index is 2.13. The van der Waals surface area contributed by atoms with Gasteiger partial charge < -0.3 is 14.8 Å². The van der Waals surface area contributed by atoms with Crippen molar-refractivity contribution in [2.24, 2.45) is 0 Å². The summed E-state index contributed by atoms with van der Waals surface area (Å²) >= 11 is 0. The highest BCUT2D eigenvalue weighted by molar-refractivity contribution is 5.94. The molecule has 1 amide bonds. The summed E-state index contributed by atoms with van der Waals surface area (Å²) in [6.45, 7) is 8.98. The number of ether oxygens (including phenoxy) is 2. The van der Waals surface area contributed by atoms with E-state index in [9.17, 15) is 4.79 Å². The first-order chi connectivity index (χ1) is 11.5. The summed E-state index contributed by atoms with van der Waals surface area (Å²) in [5.74, 6) is 1.34. The molecule has 0 heterocycles. The molecular weight excluding hydrogens is 302 g/mol.